The Morgan fingerprint density at radius 1 is 1.12 bits per heavy atom. The monoisotopic (exact) mass is 223 g/mol. The molecule has 0 aromatic heterocycles. The van der Waals surface area contributed by atoms with E-state index in [0.717, 1.165) is 0 Å². The standard InChI is InChI=1S/C2N2O2S.Ag/c3-1-5-7-6-2-4;. The van der Waals surface area contributed by atoms with Crippen LogP contribution in [0, 0.1) is 23.0 Å². The molecule has 47 valence electrons. The molecular weight excluding hydrogens is 224 g/mol. The predicted molar refractivity (Wildman–Crippen MR) is 21.0 cm³/mol. The fraction of sp³-hybridized carbons (Fsp3) is 0. The van der Waals surface area contributed by atoms with E-state index in [1.54, 1.807) is 0 Å². The van der Waals surface area contributed by atoms with Gasteiger partial charge in [0.05, 0.1) is 0 Å². The maximum atomic E-state index is 7.61. The van der Waals surface area contributed by atoms with Crippen molar-refractivity contribution in [1.82, 2.24) is 0 Å². The van der Waals surface area contributed by atoms with E-state index < -0.39 is 0 Å². The molecule has 0 fully saturated rings. The molecule has 0 bridgehead atoms. The molecule has 0 unspecified atom stereocenters. The van der Waals surface area contributed by atoms with Gasteiger partial charge in [0.2, 0.25) is 0 Å². The van der Waals surface area contributed by atoms with Gasteiger partial charge in [-0.15, -0.1) is 10.5 Å². The molecule has 0 atom stereocenters. The van der Waals surface area contributed by atoms with Crippen molar-refractivity contribution in [2.75, 3.05) is 0 Å². The first kappa shape index (κ1) is 10.6. The summed E-state index contributed by atoms with van der Waals surface area (Å²) in [5, 5.41) is 15.2. The van der Waals surface area contributed by atoms with E-state index in [9.17, 15) is 0 Å². The first-order valence-corrected chi connectivity index (χ1v) is 1.86. The maximum absolute atomic E-state index is 7.61. The molecule has 0 aliphatic heterocycles. The quantitative estimate of drug-likeness (QED) is 0.296. The van der Waals surface area contributed by atoms with E-state index in [4.69, 9.17) is 10.5 Å². The van der Waals surface area contributed by atoms with Crippen LogP contribution in [0.4, 0.5) is 0 Å². The Labute approximate surface area is 66.3 Å². The molecule has 4 nitrogen and oxygen atoms in total. The first-order chi connectivity index (χ1) is 3.41. The summed E-state index contributed by atoms with van der Waals surface area (Å²) in [7, 11) is 0. The van der Waals surface area contributed by atoms with E-state index in [1.165, 1.54) is 12.5 Å². The van der Waals surface area contributed by atoms with E-state index in [1.807, 2.05) is 0 Å². The van der Waals surface area contributed by atoms with Gasteiger partial charge in [-0.2, -0.15) is 0 Å². The zero-order valence-electron chi connectivity index (χ0n) is 3.42. The van der Waals surface area contributed by atoms with Crippen LogP contribution in [0.1, 0.15) is 0 Å². The van der Waals surface area contributed by atoms with Gasteiger partial charge in [-0.05, 0) is 0 Å². The van der Waals surface area contributed by atoms with Gasteiger partial charge in [0.15, 0.2) is 0 Å². The Morgan fingerprint density at radius 3 is 1.75 bits per heavy atom. The summed E-state index contributed by atoms with van der Waals surface area (Å²) >= 11 is 0.331. The van der Waals surface area contributed by atoms with E-state index >= 15 is 0 Å². The summed E-state index contributed by atoms with van der Waals surface area (Å²) in [5.74, 6) is 0. The Morgan fingerprint density at radius 2 is 1.50 bits per heavy atom. The summed E-state index contributed by atoms with van der Waals surface area (Å²) < 4.78 is 7.70. The molecule has 0 spiro atoms. The minimum absolute atomic E-state index is 0. The molecule has 8 heavy (non-hydrogen) atoms. The molecule has 0 aromatic rings. The van der Waals surface area contributed by atoms with Crippen molar-refractivity contribution in [3.63, 3.8) is 0 Å². The minimum atomic E-state index is 0. The molecular formula is C2AgN2O2S. The van der Waals surface area contributed by atoms with Crippen molar-refractivity contribution in [3.05, 3.63) is 0 Å². The molecule has 0 rings (SSSR count). The third-order valence-electron chi connectivity index (χ3n) is 0.143. The third-order valence-corrected chi connectivity index (χ3v) is 0.428. The van der Waals surface area contributed by atoms with Crippen molar-refractivity contribution in [3.8, 4) is 12.5 Å². The number of rotatable bonds is 2. The zero-order chi connectivity index (χ0) is 5.54. The van der Waals surface area contributed by atoms with E-state index in [2.05, 4.69) is 8.37 Å². The minimum Gasteiger partial charge on any atom is -0.311 e. The van der Waals surface area contributed by atoms with Gasteiger partial charge in [0, 0.05) is 22.4 Å². The van der Waals surface area contributed by atoms with Crippen LogP contribution in [0.5, 0.6) is 0 Å². The van der Waals surface area contributed by atoms with Gasteiger partial charge in [-0.3, -0.25) is 0 Å². The van der Waals surface area contributed by atoms with Crippen molar-refractivity contribution in [2.45, 2.75) is 0 Å². The summed E-state index contributed by atoms with van der Waals surface area (Å²) in [5.41, 5.74) is 0. The average Bonchev–Trinajstić information content (AvgIpc) is 1.69. The summed E-state index contributed by atoms with van der Waals surface area (Å²) in [6.07, 6.45) is 2.58. The molecule has 0 N–H and O–H groups in total. The SMILES string of the molecule is N#COSOC#N.[Ag]. The molecule has 0 saturated carbocycles. The van der Waals surface area contributed by atoms with Crippen LogP contribution >= 0.6 is 12.3 Å². The van der Waals surface area contributed by atoms with Crippen molar-refractivity contribution < 1.29 is 30.7 Å². The smallest absolute Gasteiger partial charge is 0.311 e. The largest absolute Gasteiger partial charge is 0.316 e. The average molecular weight is 224 g/mol. The zero-order valence-corrected chi connectivity index (χ0v) is 5.72. The maximum Gasteiger partial charge on any atom is 0.316 e. The molecule has 0 heterocycles. The van der Waals surface area contributed by atoms with E-state index in [-0.39, 0.29) is 22.4 Å². The van der Waals surface area contributed by atoms with Crippen LogP contribution in [0.25, 0.3) is 0 Å². The third kappa shape index (κ3) is 9.18. The summed E-state index contributed by atoms with van der Waals surface area (Å²) in [6, 6.07) is 0. The van der Waals surface area contributed by atoms with Crippen LogP contribution in [-0.2, 0) is 30.7 Å². The summed E-state index contributed by atoms with van der Waals surface area (Å²) in [4.78, 5) is 0. The van der Waals surface area contributed by atoms with Crippen LogP contribution in [0.2, 0.25) is 0 Å². The normalized spacial score (nSPS) is 4.75. The Bertz CT molecular complexity index is 102. The molecule has 6 heteroatoms. The second kappa shape index (κ2) is 9.83. The van der Waals surface area contributed by atoms with Crippen molar-refractivity contribution in [1.29, 1.82) is 10.5 Å². The van der Waals surface area contributed by atoms with Gasteiger partial charge in [0.1, 0.15) is 0 Å². The predicted octanol–water partition coefficient (Wildman–Crippen LogP) is 0.542. The molecule has 0 aromatic carbocycles. The van der Waals surface area contributed by atoms with Crippen LogP contribution in [-0.4, -0.2) is 0 Å². The van der Waals surface area contributed by atoms with Gasteiger partial charge in [-0.1, -0.05) is 0 Å². The molecule has 0 aliphatic rings. The summed E-state index contributed by atoms with van der Waals surface area (Å²) in [6.45, 7) is 0. The van der Waals surface area contributed by atoms with Crippen molar-refractivity contribution in [2.24, 2.45) is 0 Å². The topological polar surface area (TPSA) is 66.0 Å². The number of nitrogens with zero attached hydrogens (tertiary/aromatic N) is 2. The van der Waals surface area contributed by atoms with E-state index in [0.29, 0.717) is 12.3 Å². The second-order valence-electron chi connectivity index (χ2n) is 0.417. The van der Waals surface area contributed by atoms with Crippen molar-refractivity contribution >= 4 is 12.3 Å². The van der Waals surface area contributed by atoms with Crippen LogP contribution in [0.15, 0.2) is 0 Å². The van der Waals surface area contributed by atoms with Crippen LogP contribution in [0.3, 0.4) is 0 Å². The second-order valence-corrected chi connectivity index (χ2v) is 0.887. The number of nitriles is 2. The van der Waals surface area contributed by atoms with Gasteiger partial charge < -0.3 is 8.37 Å². The van der Waals surface area contributed by atoms with Gasteiger partial charge in [-0.25, -0.2) is 0 Å². The molecule has 0 aliphatic carbocycles. The number of hydrogen-bond donors (Lipinski definition) is 0. The molecule has 1 radical (unpaired) electrons. The fourth-order valence-electron chi connectivity index (χ4n) is 0.0474. The van der Waals surface area contributed by atoms with Crippen LogP contribution < -0.4 is 0 Å². The Balaban J connectivity index is 0. The Hall–Kier alpha value is -0.330. The molecule has 0 saturated heterocycles. The first-order valence-electron chi connectivity index (χ1n) is 1.19. The fourth-order valence-corrected chi connectivity index (χ4v) is 0.142. The van der Waals surface area contributed by atoms with Gasteiger partial charge >= 0.3 is 24.8 Å². The number of hydrogen-bond acceptors (Lipinski definition) is 5. The van der Waals surface area contributed by atoms with Gasteiger partial charge in [0.25, 0.3) is 0 Å². The molecule has 0 amide bonds. The Kier molecular flexibility index (Phi) is 13.0.